The van der Waals surface area contributed by atoms with Gasteiger partial charge in [0, 0.05) is 25.7 Å². The first-order chi connectivity index (χ1) is 52.2. The van der Waals surface area contributed by atoms with Crippen LogP contribution in [0.15, 0.2) is 24.3 Å². The van der Waals surface area contributed by atoms with Crippen molar-refractivity contribution in [1.82, 2.24) is 0 Å². The van der Waals surface area contributed by atoms with Gasteiger partial charge < -0.3 is 33.8 Å². The molecule has 0 radical (unpaired) electrons. The van der Waals surface area contributed by atoms with E-state index in [0.29, 0.717) is 25.7 Å². The van der Waals surface area contributed by atoms with Crippen molar-refractivity contribution in [3.05, 3.63) is 24.3 Å². The maximum absolute atomic E-state index is 13.2. The summed E-state index contributed by atoms with van der Waals surface area (Å²) >= 11 is 0. The summed E-state index contributed by atoms with van der Waals surface area (Å²) in [6, 6.07) is 0. The third-order valence-electron chi connectivity index (χ3n) is 20.2. The van der Waals surface area contributed by atoms with Crippen LogP contribution in [0.2, 0.25) is 0 Å². The summed E-state index contributed by atoms with van der Waals surface area (Å²) in [6.45, 7) is 5.00. The Morgan fingerprint density at radius 3 is 0.682 bits per heavy atom. The number of rotatable bonds is 87. The molecule has 0 aromatic heterocycles. The minimum Gasteiger partial charge on any atom is -0.462 e. The fraction of sp³-hybridized carbons (Fsp3) is 0.909. The van der Waals surface area contributed by atoms with E-state index in [-0.39, 0.29) is 25.7 Å². The van der Waals surface area contributed by atoms with E-state index in [2.05, 4.69) is 52.0 Å². The van der Waals surface area contributed by atoms with E-state index in [4.69, 9.17) is 37.0 Å². The number of carbonyl (C=O) groups is 4. The molecule has 19 heteroatoms. The van der Waals surface area contributed by atoms with Crippen LogP contribution >= 0.6 is 15.6 Å². The minimum absolute atomic E-state index is 0.0861. The molecular weight excluding hydrogens is 1390 g/mol. The highest BCUT2D eigenvalue weighted by molar-refractivity contribution is 7.47. The maximum Gasteiger partial charge on any atom is 0.472 e. The zero-order valence-corrected chi connectivity index (χ0v) is 71.4. The second-order valence-corrected chi connectivity index (χ2v) is 33.9. The number of phosphoric acid groups is 2. The largest absolute Gasteiger partial charge is 0.472 e. The zero-order valence-electron chi connectivity index (χ0n) is 69.6. The van der Waals surface area contributed by atoms with E-state index in [1.54, 1.807) is 0 Å². The lowest BCUT2D eigenvalue weighted by Gasteiger charge is -2.21. The van der Waals surface area contributed by atoms with E-state index in [9.17, 15) is 43.2 Å². The molecule has 0 rings (SSSR count). The molecule has 0 bridgehead atoms. The Bertz CT molecular complexity index is 2110. The van der Waals surface area contributed by atoms with E-state index in [1.165, 1.54) is 276 Å². The first-order valence-electron chi connectivity index (χ1n) is 45.1. The number of hydrogen-bond acceptors (Lipinski definition) is 15. The average molecular weight is 1560 g/mol. The highest BCUT2D eigenvalue weighted by Gasteiger charge is 2.30. The van der Waals surface area contributed by atoms with Crippen LogP contribution in [-0.2, 0) is 65.4 Å². The second kappa shape index (κ2) is 81.6. The molecule has 0 saturated heterocycles. The predicted molar refractivity (Wildman–Crippen MR) is 441 cm³/mol. The quantitative estimate of drug-likeness (QED) is 0.0169. The SMILES string of the molecule is CCCCCC/C=C\C=C/CCCCCCCC(=O)O[C@H](COC(=O)CCCCCCCCCCCCCC)COP(=O)(O)OC[C@H](O)COP(=O)(O)OC[C@@H](COC(=O)CCCCCCCCCCCCCCCCCCCC)OC(=O)CCCCCCCCCCCCCCCCCCCCCCCC. The molecule has 0 aliphatic carbocycles. The Hall–Kier alpha value is -2.46. The predicted octanol–water partition coefficient (Wildman–Crippen LogP) is 26.9. The molecule has 5 atom stereocenters. The molecule has 632 valence electrons. The van der Waals surface area contributed by atoms with Gasteiger partial charge in [0.05, 0.1) is 26.4 Å². The lowest BCUT2D eigenvalue weighted by Crippen LogP contribution is -2.30. The van der Waals surface area contributed by atoms with Crippen LogP contribution < -0.4 is 0 Å². The number of carbonyl (C=O) groups excluding carboxylic acids is 4. The molecule has 0 aromatic rings. The van der Waals surface area contributed by atoms with Gasteiger partial charge in [-0.2, -0.15) is 0 Å². The first-order valence-corrected chi connectivity index (χ1v) is 48.1. The third kappa shape index (κ3) is 81.4. The van der Waals surface area contributed by atoms with Gasteiger partial charge >= 0.3 is 39.5 Å². The van der Waals surface area contributed by atoms with Crippen molar-refractivity contribution in [1.29, 1.82) is 0 Å². The summed E-state index contributed by atoms with van der Waals surface area (Å²) in [7, 11) is -9.94. The van der Waals surface area contributed by atoms with E-state index < -0.39 is 97.5 Å². The van der Waals surface area contributed by atoms with Crippen LogP contribution in [0.25, 0.3) is 0 Å². The van der Waals surface area contributed by atoms with Crippen LogP contribution in [0.5, 0.6) is 0 Å². The molecule has 0 aliphatic heterocycles. The van der Waals surface area contributed by atoms with Crippen LogP contribution in [0.3, 0.4) is 0 Å². The number of esters is 4. The molecule has 0 fully saturated rings. The lowest BCUT2D eigenvalue weighted by molar-refractivity contribution is -0.161. The van der Waals surface area contributed by atoms with Crippen molar-refractivity contribution in [3.63, 3.8) is 0 Å². The fourth-order valence-electron chi connectivity index (χ4n) is 13.3. The molecule has 0 aromatic carbocycles. The molecular formula is C88H168O17P2. The van der Waals surface area contributed by atoms with Crippen LogP contribution in [0.1, 0.15) is 458 Å². The van der Waals surface area contributed by atoms with Crippen LogP contribution in [0.4, 0.5) is 0 Å². The van der Waals surface area contributed by atoms with Crippen LogP contribution in [-0.4, -0.2) is 96.7 Å². The van der Waals surface area contributed by atoms with Crippen LogP contribution in [0, 0.1) is 0 Å². The van der Waals surface area contributed by atoms with Gasteiger partial charge in [-0.15, -0.1) is 0 Å². The second-order valence-electron chi connectivity index (χ2n) is 30.9. The standard InChI is InChI=1S/C88H168O17P2/c1-5-9-13-17-21-25-29-33-36-38-40-41-42-43-45-48-51-55-59-63-67-71-75-88(93)105-84(79-99-86(91)73-69-65-61-57-53-49-47-44-39-37-34-30-26-22-18-14-10-6-2)81-103-107(96,97)101-77-82(89)76-100-106(94,95)102-80-83(78-98-85(90)72-68-64-60-56-52-32-28-24-20-16-12-8-4)104-87(92)74-70-66-62-58-54-50-46-35-31-27-23-19-15-11-7-3/h27,31,35,46,82-84,89H,5-26,28-30,32-34,36-45,47-81H2,1-4H3,(H,94,95)(H,96,97)/b31-27-,46-35-/t82-,83+,84+/m0/s1. The summed E-state index contributed by atoms with van der Waals surface area (Å²) < 4.78 is 68.9. The Balaban J connectivity index is 5.26. The number of hydrogen-bond donors (Lipinski definition) is 3. The number of phosphoric ester groups is 2. The van der Waals surface area contributed by atoms with Gasteiger partial charge in [0.25, 0.3) is 0 Å². The monoisotopic (exact) mass is 1560 g/mol. The Morgan fingerprint density at radius 2 is 0.449 bits per heavy atom. The Morgan fingerprint density at radius 1 is 0.262 bits per heavy atom. The highest BCUT2D eigenvalue weighted by atomic mass is 31.2. The van der Waals surface area contributed by atoms with E-state index in [0.717, 1.165) is 103 Å². The van der Waals surface area contributed by atoms with Gasteiger partial charge in [0.1, 0.15) is 19.3 Å². The van der Waals surface area contributed by atoms with Crippen molar-refractivity contribution < 1.29 is 80.2 Å². The fourth-order valence-corrected chi connectivity index (χ4v) is 14.9. The van der Waals surface area contributed by atoms with Gasteiger partial charge in [-0.3, -0.25) is 37.3 Å². The Labute approximate surface area is 656 Å². The van der Waals surface area contributed by atoms with Gasteiger partial charge in [0.15, 0.2) is 12.2 Å². The topological polar surface area (TPSA) is 237 Å². The number of allylic oxidation sites excluding steroid dienone is 4. The van der Waals surface area contributed by atoms with Gasteiger partial charge in [-0.25, -0.2) is 9.13 Å². The lowest BCUT2D eigenvalue weighted by atomic mass is 10.0. The molecule has 0 aliphatic rings. The highest BCUT2D eigenvalue weighted by Crippen LogP contribution is 2.45. The molecule has 0 saturated carbocycles. The van der Waals surface area contributed by atoms with E-state index >= 15 is 0 Å². The Kier molecular flexibility index (Phi) is 79.7. The number of aliphatic hydroxyl groups is 1. The summed E-state index contributed by atoms with van der Waals surface area (Å²) in [6.07, 6.45) is 80.0. The molecule has 0 heterocycles. The molecule has 107 heavy (non-hydrogen) atoms. The molecule has 0 spiro atoms. The number of aliphatic hydroxyl groups excluding tert-OH is 1. The number of unbranched alkanes of at least 4 members (excludes halogenated alkanes) is 58. The minimum atomic E-state index is -4.97. The van der Waals surface area contributed by atoms with Crippen molar-refractivity contribution in [3.8, 4) is 0 Å². The summed E-state index contributed by atoms with van der Waals surface area (Å²) in [5.41, 5.74) is 0. The average Bonchev–Trinajstić information content (AvgIpc) is 0.902. The van der Waals surface area contributed by atoms with Gasteiger partial charge in [0.2, 0.25) is 0 Å². The van der Waals surface area contributed by atoms with E-state index in [1.807, 2.05) is 0 Å². The zero-order chi connectivity index (χ0) is 78.1. The summed E-state index contributed by atoms with van der Waals surface area (Å²) in [5, 5.41) is 10.7. The summed E-state index contributed by atoms with van der Waals surface area (Å²) in [4.78, 5) is 73.3. The van der Waals surface area contributed by atoms with Gasteiger partial charge in [-0.1, -0.05) is 405 Å². The summed E-state index contributed by atoms with van der Waals surface area (Å²) in [5.74, 6) is -2.13. The van der Waals surface area contributed by atoms with Crippen molar-refractivity contribution in [2.24, 2.45) is 0 Å². The van der Waals surface area contributed by atoms with Gasteiger partial charge in [-0.05, 0) is 51.4 Å². The van der Waals surface area contributed by atoms with Crippen molar-refractivity contribution in [2.75, 3.05) is 39.6 Å². The molecule has 0 amide bonds. The normalized spacial score (nSPS) is 13.8. The molecule has 17 nitrogen and oxygen atoms in total. The number of ether oxygens (including phenoxy) is 4. The smallest absolute Gasteiger partial charge is 0.462 e. The molecule has 3 N–H and O–H groups in total. The molecule has 2 unspecified atom stereocenters. The van der Waals surface area contributed by atoms with Crippen molar-refractivity contribution >= 4 is 39.5 Å². The van der Waals surface area contributed by atoms with Crippen molar-refractivity contribution in [2.45, 2.75) is 476 Å². The maximum atomic E-state index is 13.2. The third-order valence-corrected chi connectivity index (χ3v) is 22.1. The first kappa shape index (κ1) is 105.